The van der Waals surface area contributed by atoms with Crippen LogP contribution in [-0.4, -0.2) is 48.3 Å². The number of rotatable bonds is 6. The molecule has 1 fully saturated rings. The summed E-state index contributed by atoms with van der Waals surface area (Å²) in [5.74, 6) is 0.781. The Balaban J connectivity index is 2.00. The summed E-state index contributed by atoms with van der Waals surface area (Å²) < 4.78 is 5.73. The van der Waals surface area contributed by atoms with Crippen LogP contribution in [-0.2, 0) is 9.53 Å². The fraction of sp³-hybridized carbons (Fsp3) is 0.611. The Morgan fingerprint density at radius 2 is 1.96 bits per heavy atom. The molecule has 3 amide bonds. The van der Waals surface area contributed by atoms with Gasteiger partial charge in [-0.3, -0.25) is 4.79 Å². The third-order valence-corrected chi connectivity index (χ3v) is 4.10. The molecule has 3 unspecified atom stereocenters. The SMILES string of the molecule is CC(C)CC(NC(N)=O)C(=O)Nc1ccc(N2CC(C)OC(C)C2)nc1. The number of carbonyl (C=O) groups excluding carboxylic acids is 2. The van der Waals surface area contributed by atoms with Gasteiger partial charge in [0.05, 0.1) is 24.1 Å². The minimum atomic E-state index is -0.713. The Bertz CT molecular complexity index is 610. The smallest absolute Gasteiger partial charge is 0.312 e. The van der Waals surface area contributed by atoms with Crippen LogP contribution in [0.2, 0.25) is 0 Å². The van der Waals surface area contributed by atoms with Gasteiger partial charge in [-0.15, -0.1) is 0 Å². The Hall–Kier alpha value is -2.35. The molecule has 8 heteroatoms. The van der Waals surface area contributed by atoms with Gasteiger partial charge in [-0.1, -0.05) is 13.8 Å². The van der Waals surface area contributed by atoms with Gasteiger partial charge >= 0.3 is 6.03 Å². The highest BCUT2D eigenvalue weighted by Gasteiger charge is 2.24. The maximum Gasteiger partial charge on any atom is 0.312 e. The third kappa shape index (κ3) is 5.87. The van der Waals surface area contributed by atoms with Crippen molar-refractivity contribution >= 4 is 23.4 Å². The molecule has 1 aliphatic heterocycles. The summed E-state index contributed by atoms with van der Waals surface area (Å²) in [6.45, 7) is 9.59. The van der Waals surface area contributed by atoms with E-state index < -0.39 is 12.1 Å². The van der Waals surface area contributed by atoms with Crippen molar-refractivity contribution < 1.29 is 14.3 Å². The van der Waals surface area contributed by atoms with Crippen molar-refractivity contribution in [3.8, 4) is 0 Å². The van der Waals surface area contributed by atoms with Gasteiger partial charge in [0, 0.05) is 13.1 Å². The van der Waals surface area contributed by atoms with E-state index in [9.17, 15) is 9.59 Å². The molecule has 4 N–H and O–H groups in total. The van der Waals surface area contributed by atoms with Crippen molar-refractivity contribution in [2.75, 3.05) is 23.3 Å². The van der Waals surface area contributed by atoms with Gasteiger partial charge in [0.25, 0.3) is 0 Å². The van der Waals surface area contributed by atoms with E-state index in [1.54, 1.807) is 6.20 Å². The topological polar surface area (TPSA) is 110 Å². The van der Waals surface area contributed by atoms with Gasteiger partial charge in [-0.25, -0.2) is 9.78 Å². The lowest BCUT2D eigenvalue weighted by atomic mass is 10.0. The Kier molecular flexibility index (Phi) is 6.79. The summed E-state index contributed by atoms with van der Waals surface area (Å²) in [7, 11) is 0. The number of nitrogens with one attached hydrogen (secondary N) is 2. The summed E-state index contributed by atoms with van der Waals surface area (Å²) in [5.41, 5.74) is 5.74. The van der Waals surface area contributed by atoms with Gasteiger partial charge in [-0.05, 0) is 38.3 Å². The minimum Gasteiger partial charge on any atom is -0.372 e. The molecule has 26 heavy (non-hydrogen) atoms. The zero-order valence-electron chi connectivity index (χ0n) is 15.9. The molecule has 0 radical (unpaired) electrons. The molecule has 0 spiro atoms. The van der Waals surface area contributed by atoms with Gasteiger partial charge in [0.2, 0.25) is 5.91 Å². The lowest BCUT2D eigenvalue weighted by molar-refractivity contribution is -0.118. The molecule has 2 heterocycles. The van der Waals surface area contributed by atoms with Crippen LogP contribution >= 0.6 is 0 Å². The number of aromatic nitrogens is 1. The molecule has 2 rings (SSSR count). The zero-order chi connectivity index (χ0) is 19.3. The molecular weight excluding hydrogens is 334 g/mol. The predicted molar refractivity (Wildman–Crippen MR) is 101 cm³/mol. The summed E-state index contributed by atoms with van der Waals surface area (Å²) in [4.78, 5) is 30.2. The van der Waals surface area contributed by atoms with Crippen molar-refractivity contribution in [3.63, 3.8) is 0 Å². The summed E-state index contributed by atoms with van der Waals surface area (Å²) in [5, 5.41) is 5.27. The molecule has 1 aliphatic rings. The van der Waals surface area contributed by atoms with E-state index in [2.05, 4.69) is 20.5 Å². The highest BCUT2D eigenvalue weighted by atomic mass is 16.5. The largest absolute Gasteiger partial charge is 0.372 e. The van der Waals surface area contributed by atoms with Crippen LogP contribution in [0.25, 0.3) is 0 Å². The van der Waals surface area contributed by atoms with Crippen LogP contribution in [0.5, 0.6) is 0 Å². The van der Waals surface area contributed by atoms with E-state index in [1.807, 2.05) is 39.8 Å². The number of pyridine rings is 1. The molecule has 0 bridgehead atoms. The maximum absolute atomic E-state index is 12.4. The van der Waals surface area contributed by atoms with E-state index in [4.69, 9.17) is 10.5 Å². The number of hydrogen-bond acceptors (Lipinski definition) is 5. The van der Waals surface area contributed by atoms with Crippen LogP contribution in [0.1, 0.15) is 34.1 Å². The monoisotopic (exact) mass is 363 g/mol. The first-order valence-corrected chi connectivity index (χ1v) is 8.98. The number of primary amides is 1. The van der Waals surface area contributed by atoms with Crippen molar-refractivity contribution in [3.05, 3.63) is 18.3 Å². The highest BCUT2D eigenvalue weighted by Crippen LogP contribution is 2.20. The summed E-state index contributed by atoms with van der Waals surface area (Å²) in [6, 6.07) is 2.30. The lowest BCUT2D eigenvalue weighted by Gasteiger charge is -2.36. The number of anilines is 2. The number of ether oxygens (including phenoxy) is 1. The Morgan fingerprint density at radius 1 is 1.31 bits per heavy atom. The quantitative estimate of drug-likeness (QED) is 0.713. The van der Waals surface area contributed by atoms with Gasteiger partial charge in [0.15, 0.2) is 0 Å². The molecule has 1 aromatic heterocycles. The summed E-state index contributed by atoms with van der Waals surface area (Å²) >= 11 is 0. The molecule has 3 atom stereocenters. The first-order valence-electron chi connectivity index (χ1n) is 8.98. The molecule has 0 saturated carbocycles. The number of carbonyl (C=O) groups is 2. The van der Waals surface area contributed by atoms with Gasteiger partial charge in [-0.2, -0.15) is 0 Å². The fourth-order valence-corrected chi connectivity index (χ4v) is 3.12. The van der Waals surface area contributed by atoms with E-state index >= 15 is 0 Å². The molecule has 0 aliphatic carbocycles. The van der Waals surface area contributed by atoms with E-state index in [0.717, 1.165) is 18.9 Å². The average molecular weight is 363 g/mol. The van der Waals surface area contributed by atoms with Crippen molar-refractivity contribution in [2.45, 2.75) is 52.4 Å². The first kappa shape index (κ1) is 20.0. The van der Waals surface area contributed by atoms with Crippen LogP contribution in [0.15, 0.2) is 18.3 Å². The number of nitrogens with two attached hydrogens (primary N) is 1. The summed E-state index contributed by atoms with van der Waals surface area (Å²) in [6.07, 6.45) is 2.42. The van der Waals surface area contributed by atoms with Crippen LogP contribution < -0.4 is 21.3 Å². The second kappa shape index (κ2) is 8.84. The average Bonchev–Trinajstić information content (AvgIpc) is 2.53. The molecule has 1 aromatic rings. The Labute approximate surface area is 154 Å². The van der Waals surface area contributed by atoms with E-state index in [-0.39, 0.29) is 24.0 Å². The number of nitrogens with zero attached hydrogens (tertiary/aromatic N) is 2. The number of morpholine rings is 1. The third-order valence-electron chi connectivity index (χ3n) is 4.10. The lowest BCUT2D eigenvalue weighted by Crippen LogP contribution is -2.46. The van der Waals surface area contributed by atoms with Crippen molar-refractivity contribution in [2.24, 2.45) is 11.7 Å². The molecule has 8 nitrogen and oxygen atoms in total. The second-order valence-electron chi connectivity index (χ2n) is 7.25. The van der Waals surface area contributed by atoms with Crippen LogP contribution in [0.4, 0.5) is 16.3 Å². The molecule has 1 saturated heterocycles. The molecular formula is C18H29N5O3. The number of hydrogen-bond donors (Lipinski definition) is 3. The predicted octanol–water partition coefficient (Wildman–Crippen LogP) is 1.72. The van der Waals surface area contributed by atoms with Gasteiger partial charge in [0.1, 0.15) is 11.9 Å². The standard InChI is InChI=1S/C18H29N5O3/c1-11(2)7-15(22-18(19)25)17(24)21-14-5-6-16(20-8-14)23-9-12(3)26-13(4)10-23/h5-6,8,11-13,15H,7,9-10H2,1-4H3,(H,21,24)(H3,19,22,25). The van der Waals surface area contributed by atoms with Crippen LogP contribution in [0, 0.1) is 5.92 Å². The van der Waals surface area contributed by atoms with E-state index in [1.165, 1.54) is 0 Å². The van der Waals surface area contributed by atoms with Crippen LogP contribution in [0.3, 0.4) is 0 Å². The fourth-order valence-electron chi connectivity index (χ4n) is 3.12. The number of urea groups is 1. The molecule has 144 valence electrons. The highest BCUT2D eigenvalue weighted by molar-refractivity contribution is 5.96. The van der Waals surface area contributed by atoms with Crippen molar-refractivity contribution in [1.29, 1.82) is 0 Å². The molecule has 0 aromatic carbocycles. The Morgan fingerprint density at radius 3 is 2.46 bits per heavy atom. The first-order chi connectivity index (χ1) is 12.2. The number of amides is 3. The second-order valence-corrected chi connectivity index (χ2v) is 7.25. The maximum atomic E-state index is 12.4. The zero-order valence-corrected chi connectivity index (χ0v) is 15.9. The van der Waals surface area contributed by atoms with E-state index in [0.29, 0.717) is 12.1 Å². The normalized spacial score (nSPS) is 21.3. The van der Waals surface area contributed by atoms with Crippen molar-refractivity contribution in [1.82, 2.24) is 10.3 Å². The van der Waals surface area contributed by atoms with Gasteiger partial charge < -0.3 is 26.0 Å². The minimum absolute atomic E-state index is 0.150.